The summed E-state index contributed by atoms with van der Waals surface area (Å²) in [7, 11) is 0. The molecule has 0 aliphatic carbocycles. The van der Waals surface area contributed by atoms with Crippen molar-refractivity contribution in [1.29, 1.82) is 0 Å². The van der Waals surface area contributed by atoms with Crippen LogP contribution in [0.25, 0.3) is 17.3 Å². The predicted molar refractivity (Wildman–Crippen MR) is 112 cm³/mol. The first-order valence-corrected chi connectivity index (χ1v) is 9.68. The highest BCUT2D eigenvalue weighted by atomic mass is 16.6. The van der Waals surface area contributed by atoms with Crippen LogP contribution in [0.2, 0.25) is 0 Å². The first kappa shape index (κ1) is 19.3. The molecule has 3 aromatic rings. The van der Waals surface area contributed by atoms with Crippen LogP contribution in [0.5, 0.6) is 11.5 Å². The van der Waals surface area contributed by atoms with Gasteiger partial charge in [-0.1, -0.05) is 41.6 Å². The van der Waals surface area contributed by atoms with E-state index in [1.54, 1.807) is 0 Å². The number of benzene rings is 2. The van der Waals surface area contributed by atoms with Gasteiger partial charge in [-0.05, 0) is 44.9 Å². The van der Waals surface area contributed by atoms with Gasteiger partial charge < -0.3 is 19.1 Å². The number of ether oxygens (including phenoxy) is 2. The minimum Gasteiger partial charge on any atom is -0.507 e. The number of hydrogen-bond donors (Lipinski definition) is 1. The van der Waals surface area contributed by atoms with Gasteiger partial charge in [0.15, 0.2) is 5.76 Å². The van der Waals surface area contributed by atoms with Crippen molar-refractivity contribution >= 4 is 6.08 Å². The molecule has 5 heteroatoms. The summed E-state index contributed by atoms with van der Waals surface area (Å²) in [5.74, 6) is 1.80. The predicted octanol–water partition coefficient (Wildman–Crippen LogP) is 5.35. The quantitative estimate of drug-likeness (QED) is 0.635. The van der Waals surface area contributed by atoms with Crippen molar-refractivity contribution < 1.29 is 19.1 Å². The maximum Gasteiger partial charge on any atom is 0.163 e. The van der Waals surface area contributed by atoms with Gasteiger partial charge in [-0.15, -0.1) is 0 Å². The van der Waals surface area contributed by atoms with Gasteiger partial charge in [0.05, 0.1) is 6.61 Å². The molecule has 5 nitrogen and oxygen atoms in total. The average Bonchev–Trinajstić information content (AvgIpc) is 3.20. The summed E-state index contributed by atoms with van der Waals surface area (Å²) in [5.41, 5.74) is 4.74. The second-order valence-corrected chi connectivity index (χ2v) is 7.75. The third kappa shape index (κ3) is 3.66. The van der Waals surface area contributed by atoms with Gasteiger partial charge in [0.1, 0.15) is 29.4 Å². The van der Waals surface area contributed by atoms with E-state index in [1.165, 1.54) is 0 Å². The van der Waals surface area contributed by atoms with Crippen molar-refractivity contribution in [1.82, 2.24) is 5.16 Å². The van der Waals surface area contributed by atoms with Crippen LogP contribution >= 0.6 is 0 Å². The van der Waals surface area contributed by atoms with Gasteiger partial charge in [0, 0.05) is 22.8 Å². The lowest BCUT2D eigenvalue weighted by Gasteiger charge is -2.33. The summed E-state index contributed by atoms with van der Waals surface area (Å²) in [6, 6.07) is 11.8. The van der Waals surface area contributed by atoms with Crippen LogP contribution in [-0.2, 0) is 11.3 Å². The highest BCUT2D eigenvalue weighted by Crippen LogP contribution is 2.42. The highest BCUT2D eigenvalue weighted by molar-refractivity contribution is 5.71. The first-order chi connectivity index (χ1) is 13.9. The largest absolute Gasteiger partial charge is 0.507 e. The zero-order valence-electron chi connectivity index (χ0n) is 17.2. The molecule has 0 radical (unpaired) electrons. The zero-order chi connectivity index (χ0) is 20.6. The average molecular weight is 391 g/mol. The normalized spacial score (nSPS) is 17.8. The van der Waals surface area contributed by atoms with Crippen molar-refractivity contribution in [3.05, 3.63) is 70.5 Å². The zero-order valence-corrected chi connectivity index (χ0v) is 17.2. The van der Waals surface area contributed by atoms with Gasteiger partial charge in [0.25, 0.3) is 0 Å². The minimum atomic E-state index is -0.601. The van der Waals surface area contributed by atoms with E-state index < -0.39 is 5.60 Å². The monoisotopic (exact) mass is 391 g/mol. The van der Waals surface area contributed by atoms with E-state index in [0.717, 1.165) is 39.3 Å². The van der Waals surface area contributed by atoms with E-state index in [0.29, 0.717) is 24.7 Å². The molecule has 1 N–H and O–H groups in total. The molecule has 0 fully saturated rings. The van der Waals surface area contributed by atoms with Crippen molar-refractivity contribution in [3.63, 3.8) is 0 Å². The highest BCUT2D eigenvalue weighted by Gasteiger charge is 2.31. The van der Waals surface area contributed by atoms with Crippen LogP contribution in [0.3, 0.4) is 0 Å². The van der Waals surface area contributed by atoms with E-state index in [-0.39, 0.29) is 0 Å². The fourth-order valence-corrected chi connectivity index (χ4v) is 3.55. The smallest absolute Gasteiger partial charge is 0.163 e. The topological polar surface area (TPSA) is 64.7 Å². The molecule has 0 bridgehead atoms. The van der Waals surface area contributed by atoms with Crippen molar-refractivity contribution in [3.8, 4) is 22.8 Å². The van der Waals surface area contributed by atoms with Gasteiger partial charge in [-0.3, -0.25) is 0 Å². The lowest BCUT2D eigenvalue weighted by molar-refractivity contribution is -0.000621. The third-order valence-electron chi connectivity index (χ3n) is 5.46. The van der Waals surface area contributed by atoms with E-state index in [4.69, 9.17) is 14.0 Å². The third-order valence-corrected chi connectivity index (χ3v) is 5.46. The lowest BCUT2D eigenvalue weighted by atomic mass is 9.93. The molecule has 150 valence electrons. The number of rotatable bonds is 5. The fourth-order valence-electron chi connectivity index (χ4n) is 3.55. The fraction of sp³-hybridized carbons (Fsp3) is 0.292. The van der Waals surface area contributed by atoms with Crippen LogP contribution in [0.15, 0.2) is 47.0 Å². The van der Waals surface area contributed by atoms with E-state index in [9.17, 15) is 5.11 Å². The van der Waals surface area contributed by atoms with Gasteiger partial charge >= 0.3 is 0 Å². The molecule has 0 spiro atoms. The molecule has 29 heavy (non-hydrogen) atoms. The van der Waals surface area contributed by atoms with Crippen LogP contribution < -0.4 is 4.74 Å². The second kappa shape index (κ2) is 7.41. The van der Waals surface area contributed by atoms with Gasteiger partial charge in [0.2, 0.25) is 0 Å². The Labute approximate surface area is 170 Å². The van der Waals surface area contributed by atoms with Crippen molar-refractivity contribution in [2.45, 2.75) is 39.9 Å². The molecule has 4 rings (SSSR count). The Balaban J connectivity index is 1.44. The van der Waals surface area contributed by atoms with Gasteiger partial charge in [-0.25, -0.2) is 0 Å². The van der Waals surface area contributed by atoms with Crippen LogP contribution in [0, 0.1) is 20.8 Å². The number of aromatic nitrogens is 1. The Morgan fingerprint density at radius 2 is 1.83 bits per heavy atom. The molecule has 1 aliphatic heterocycles. The molecule has 1 unspecified atom stereocenters. The summed E-state index contributed by atoms with van der Waals surface area (Å²) >= 11 is 0. The molecule has 2 aromatic carbocycles. The molecule has 1 aliphatic rings. The van der Waals surface area contributed by atoms with Gasteiger partial charge in [-0.2, -0.15) is 0 Å². The Morgan fingerprint density at radius 1 is 1.07 bits per heavy atom. The van der Waals surface area contributed by atoms with Crippen LogP contribution in [0.4, 0.5) is 0 Å². The first-order valence-electron chi connectivity index (χ1n) is 9.68. The summed E-state index contributed by atoms with van der Waals surface area (Å²) in [6.45, 7) is 8.44. The van der Waals surface area contributed by atoms with Crippen LogP contribution in [0.1, 0.15) is 34.9 Å². The molecule has 1 aromatic heterocycles. The Hall–Kier alpha value is -3.05. The summed E-state index contributed by atoms with van der Waals surface area (Å²) in [6.07, 6.45) is 3.98. The number of nitrogens with zero attached hydrogens (tertiary/aromatic N) is 1. The van der Waals surface area contributed by atoms with Crippen LogP contribution in [-0.4, -0.2) is 22.5 Å². The maximum absolute atomic E-state index is 10.3. The standard InChI is InChI=1S/C24H25NO4/c1-15-16(2)23-20(17(3)22(15)26)10-11-24(4,28-23)14-27-13-19-12-21(25-29-19)18-8-6-5-7-9-18/h5-12,26H,13-14H2,1-4H3. The van der Waals surface area contributed by atoms with Crippen molar-refractivity contribution in [2.24, 2.45) is 0 Å². The summed E-state index contributed by atoms with van der Waals surface area (Å²) < 4.78 is 17.6. The molecule has 2 heterocycles. The maximum atomic E-state index is 10.3. The number of aromatic hydroxyl groups is 1. The molecule has 0 amide bonds. The Morgan fingerprint density at radius 3 is 2.59 bits per heavy atom. The second-order valence-electron chi connectivity index (χ2n) is 7.75. The number of phenolic OH excluding ortho intramolecular Hbond substituents is 1. The minimum absolute atomic E-state index is 0.312. The summed E-state index contributed by atoms with van der Waals surface area (Å²) in [5, 5.41) is 14.4. The van der Waals surface area contributed by atoms with E-state index in [2.05, 4.69) is 5.16 Å². The number of fused-ring (bicyclic) bond motifs is 1. The molecule has 0 saturated heterocycles. The molecular weight excluding hydrogens is 366 g/mol. The van der Waals surface area contributed by atoms with E-state index >= 15 is 0 Å². The molecular formula is C24H25NO4. The lowest BCUT2D eigenvalue weighted by Crippen LogP contribution is -2.37. The van der Waals surface area contributed by atoms with E-state index in [1.807, 2.05) is 76.2 Å². The number of hydrogen-bond acceptors (Lipinski definition) is 5. The Kier molecular flexibility index (Phi) is 4.92. The SMILES string of the molecule is Cc1c(C)c2c(c(C)c1O)C=CC(C)(COCc1cc(-c3ccccc3)no1)O2. The Bertz CT molecular complexity index is 1070. The number of phenols is 1. The molecule has 0 saturated carbocycles. The summed E-state index contributed by atoms with van der Waals surface area (Å²) in [4.78, 5) is 0. The molecule has 1 atom stereocenters. The van der Waals surface area contributed by atoms with Crippen molar-refractivity contribution in [2.75, 3.05) is 6.61 Å².